The first-order valence-corrected chi connectivity index (χ1v) is 5.42. The average molecular weight is 281 g/mol. The molecule has 1 heterocycles. The van der Waals surface area contributed by atoms with Gasteiger partial charge in [0, 0.05) is 10.0 Å². The molecule has 0 bridgehead atoms. The minimum atomic E-state index is -0.983. The molecule has 0 fully saturated rings. The van der Waals surface area contributed by atoms with Gasteiger partial charge in [0.15, 0.2) is 0 Å². The number of aromatic nitrogens is 2. The lowest BCUT2D eigenvalue weighted by Crippen LogP contribution is -1.97. The number of nitrogens with zero attached hydrogens (tertiary/aromatic N) is 1. The van der Waals surface area contributed by atoms with Crippen molar-refractivity contribution in [2.24, 2.45) is 0 Å². The molecule has 0 atom stereocenters. The minimum Gasteiger partial charge on any atom is -0.478 e. The van der Waals surface area contributed by atoms with Crippen LogP contribution in [0, 0.1) is 6.92 Å². The zero-order valence-electron chi connectivity index (χ0n) is 8.49. The number of hydrogen-bond donors (Lipinski definition) is 2. The van der Waals surface area contributed by atoms with E-state index in [2.05, 4.69) is 26.1 Å². The molecule has 0 radical (unpaired) electrons. The lowest BCUT2D eigenvalue weighted by Gasteiger charge is -2.06. The van der Waals surface area contributed by atoms with Crippen LogP contribution in [0.15, 0.2) is 28.9 Å². The van der Waals surface area contributed by atoms with Gasteiger partial charge in [0.1, 0.15) is 5.56 Å². The summed E-state index contributed by atoms with van der Waals surface area (Å²) < 4.78 is 0.941. The van der Waals surface area contributed by atoms with Crippen molar-refractivity contribution < 1.29 is 9.90 Å². The van der Waals surface area contributed by atoms with Crippen molar-refractivity contribution in [2.45, 2.75) is 6.92 Å². The highest BCUT2D eigenvalue weighted by atomic mass is 79.9. The maximum atomic E-state index is 11.0. The number of halogens is 1. The lowest BCUT2D eigenvalue weighted by atomic mass is 10.0. The van der Waals surface area contributed by atoms with E-state index in [1.54, 1.807) is 0 Å². The van der Waals surface area contributed by atoms with E-state index in [1.807, 2.05) is 25.1 Å². The van der Waals surface area contributed by atoms with Crippen LogP contribution in [-0.2, 0) is 0 Å². The molecule has 0 spiro atoms. The second-order valence-corrected chi connectivity index (χ2v) is 4.23. The molecule has 2 aromatic rings. The molecule has 0 aliphatic carbocycles. The van der Waals surface area contributed by atoms with Crippen LogP contribution in [0.3, 0.4) is 0 Å². The van der Waals surface area contributed by atoms with E-state index >= 15 is 0 Å². The summed E-state index contributed by atoms with van der Waals surface area (Å²) in [5.74, 6) is -0.983. The molecule has 2 N–H and O–H groups in total. The molecule has 0 saturated heterocycles. The van der Waals surface area contributed by atoms with E-state index in [1.165, 1.54) is 6.20 Å². The number of benzene rings is 1. The minimum absolute atomic E-state index is 0.182. The third-order valence-electron chi connectivity index (χ3n) is 2.41. The van der Waals surface area contributed by atoms with Gasteiger partial charge in [-0.1, -0.05) is 28.1 Å². The van der Waals surface area contributed by atoms with Gasteiger partial charge in [-0.25, -0.2) is 4.79 Å². The number of carboxylic acid groups (broad SMARTS) is 1. The lowest BCUT2D eigenvalue weighted by molar-refractivity contribution is 0.0698. The Balaban J connectivity index is 2.63. The molecular formula is C11H9BrN2O2. The SMILES string of the molecule is Cc1c(Br)cccc1-c1[nH]ncc1C(=O)O. The van der Waals surface area contributed by atoms with Crippen LogP contribution in [-0.4, -0.2) is 21.3 Å². The molecule has 0 unspecified atom stereocenters. The third-order valence-corrected chi connectivity index (χ3v) is 3.27. The van der Waals surface area contributed by atoms with Crippen molar-refractivity contribution >= 4 is 21.9 Å². The molecule has 2 rings (SSSR count). The van der Waals surface area contributed by atoms with Gasteiger partial charge >= 0.3 is 5.97 Å². The highest BCUT2D eigenvalue weighted by Gasteiger charge is 2.15. The molecule has 1 aromatic carbocycles. The van der Waals surface area contributed by atoms with Crippen LogP contribution in [0.2, 0.25) is 0 Å². The molecule has 82 valence electrons. The van der Waals surface area contributed by atoms with E-state index in [0.717, 1.165) is 15.6 Å². The summed E-state index contributed by atoms with van der Waals surface area (Å²) in [6.07, 6.45) is 1.32. The van der Waals surface area contributed by atoms with Crippen molar-refractivity contribution in [1.29, 1.82) is 0 Å². The molecule has 5 heteroatoms. The number of aromatic carboxylic acids is 1. The Bertz CT molecular complexity index is 549. The second-order valence-electron chi connectivity index (χ2n) is 3.38. The number of rotatable bonds is 2. The van der Waals surface area contributed by atoms with Crippen LogP contribution in [0.4, 0.5) is 0 Å². The quantitative estimate of drug-likeness (QED) is 0.889. The summed E-state index contributed by atoms with van der Waals surface area (Å²) in [6, 6.07) is 5.63. The van der Waals surface area contributed by atoms with Crippen molar-refractivity contribution in [2.75, 3.05) is 0 Å². The average Bonchev–Trinajstić information content (AvgIpc) is 2.70. The Hall–Kier alpha value is -1.62. The van der Waals surface area contributed by atoms with E-state index in [9.17, 15) is 4.79 Å². The Morgan fingerprint density at radius 2 is 2.25 bits per heavy atom. The fraction of sp³-hybridized carbons (Fsp3) is 0.0909. The molecule has 0 saturated carbocycles. The predicted molar refractivity (Wildman–Crippen MR) is 63.4 cm³/mol. The highest BCUT2D eigenvalue weighted by molar-refractivity contribution is 9.10. The summed E-state index contributed by atoms with van der Waals surface area (Å²) in [7, 11) is 0. The van der Waals surface area contributed by atoms with Gasteiger partial charge in [-0.2, -0.15) is 5.10 Å². The van der Waals surface area contributed by atoms with Crippen molar-refractivity contribution in [3.8, 4) is 11.3 Å². The largest absolute Gasteiger partial charge is 0.478 e. The predicted octanol–water partition coefficient (Wildman–Crippen LogP) is 2.85. The molecule has 0 aliphatic rings. The molecule has 0 amide bonds. The smallest absolute Gasteiger partial charge is 0.339 e. The highest BCUT2D eigenvalue weighted by Crippen LogP contribution is 2.29. The standard InChI is InChI=1S/C11H9BrN2O2/c1-6-7(3-2-4-9(6)12)10-8(11(15)16)5-13-14-10/h2-5H,1H3,(H,13,14)(H,15,16). The van der Waals surface area contributed by atoms with Gasteiger partial charge in [0.25, 0.3) is 0 Å². The molecule has 0 aliphatic heterocycles. The normalized spacial score (nSPS) is 10.4. The fourth-order valence-corrected chi connectivity index (χ4v) is 1.90. The van der Waals surface area contributed by atoms with Crippen LogP contribution >= 0.6 is 15.9 Å². The van der Waals surface area contributed by atoms with Crippen LogP contribution in [0.5, 0.6) is 0 Å². The molecular weight excluding hydrogens is 272 g/mol. The van der Waals surface area contributed by atoms with E-state index in [4.69, 9.17) is 5.11 Å². The number of carboxylic acids is 1. The monoisotopic (exact) mass is 280 g/mol. The summed E-state index contributed by atoms with van der Waals surface area (Å²) in [5, 5.41) is 15.5. The number of hydrogen-bond acceptors (Lipinski definition) is 2. The van der Waals surface area contributed by atoms with Gasteiger partial charge in [-0.15, -0.1) is 0 Å². The first-order chi connectivity index (χ1) is 7.61. The van der Waals surface area contributed by atoms with E-state index in [-0.39, 0.29) is 5.56 Å². The first kappa shape index (κ1) is 10.9. The van der Waals surface area contributed by atoms with Crippen molar-refractivity contribution in [3.63, 3.8) is 0 Å². The van der Waals surface area contributed by atoms with Gasteiger partial charge < -0.3 is 5.11 Å². The maximum absolute atomic E-state index is 11.0. The Labute approximate surface area is 100 Å². The topological polar surface area (TPSA) is 66.0 Å². The molecule has 1 aromatic heterocycles. The molecule has 4 nitrogen and oxygen atoms in total. The van der Waals surface area contributed by atoms with Gasteiger partial charge in [0.2, 0.25) is 0 Å². The van der Waals surface area contributed by atoms with Gasteiger partial charge in [0.05, 0.1) is 11.9 Å². The van der Waals surface area contributed by atoms with E-state index < -0.39 is 5.97 Å². The Kier molecular flexibility index (Phi) is 2.78. The Morgan fingerprint density at radius 1 is 1.50 bits per heavy atom. The van der Waals surface area contributed by atoms with Crippen LogP contribution in [0.25, 0.3) is 11.3 Å². The van der Waals surface area contributed by atoms with Crippen molar-refractivity contribution in [1.82, 2.24) is 10.2 Å². The summed E-state index contributed by atoms with van der Waals surface area (Å²) in [6.45, 7) is 1.92. The zero-order valence-corrected chi connectivity index (χ0v) is 10.1. The second kappa shape index (κ2) is 4.09. The Morgan fingerprint density at radius 3 is 2.94 bits per heavy atom. The fourth-order valence-electron chi connectivity index (χ4n) is 1.53. The first-order valence-electron chi connectivity index (χ1n) is 4.63. The maximum Gasteiger partial charge on any atom is 0.339 e. The molecule has 16 heavy (non-hydrogen) atoms. The zero-order chi connectivity index (χ0) is 11.7. The number of nitrogens with one attached hydrogen (secondary N) is 1. The van der Waals surface area contributed by atoms with Gasteiger partial charge in [-0.3, -0.25) is 5.10 Å². The number of carbonyl (C=O) groups is 1. The third kappa shape index (κ3) is 1.74. The van der Waals surface area contributed by atoms with Crippen LogP contribution in [0.1, 0.15) is 15.9 Å². The number of aromatic amines is 1. The number of H-pyrrole nitrogens is 1. The summed E-state index contributed by atoms with van der Waals surface area (Å²) in [4.78, 5) is 11.0. The van der Waals surface area contributed by atoms with Crippen LogP contribution < -0.4 is 0 Å². The van der Waals surface area contributed by atoms with Crippen molar-refractivity contribution in [3.05, 3.63) is 40.0 Å². The van der Waals surface area contributed by atoms with E-state index in [0.29, 0.717) is 5.69 Å². The summed E-state index contributed by atoms with van der Waals surface area (Å²) in [5.41, 5.74) is 2.53. The summed E-state index contributed by atoms with van der Waals surface area (Å²) >= 11 is 3.41. The van der Waals surface area contributed by atoms with Gasteiger partial charge in [-0.05, 0) is 18.6 Å².